The van der Waals surface area contributed by atoms with Gasteiger partial charge in [0.05, 0.1) is 6.42 Å². The highest BCUT2D eigenvalue weighted by Gasteiger charge is 2.27. The van der Waals surface area contributed by atoms with Crippen molar-refractivity contribution in [2.75, 3.05) is 0 Å². The third kappa shape index (κ3) is 4.23. The number of carbonyl (C=O) groups excluding carboxylic acids is 2. The monoisotopic (exact) mass is 257 g/mol. The van der Waals surface area contributed by atoms with E-state index in [4.69, 9.17) is 10.8 Å². The Labute approximate surface area is 105 Å². The summed E-state index contributed by atoms with van der Waals surface area (Å²) in [5.41, 5.74) is 4.91. The van der Waals surface area contributed by atoms with Crippen LogP contribution in [0.5, 0.6) is 0 Å². The molecule has 0 aromatic heterocycles. The van der Waals surface area contributed by atoms with E-state index in [0.29, 0.717) is 5.92 Å². The van der Waals surface area contributed by atoms with Gasteiger partial charge in [-0.1, -0.05) is 6.42 Å². The van der Waals surface area contributed by atoms with Crippen LogP contribution < -0.4 is 16.4 Å². The first-order valence-corrected chi connectivity index (χ1v) is 5.98. The summed E-state index contributed by atoms with van der Waals surface area (Å²) in [4.78, 5) is 33.0. The summed E-state index contributed by atoms with van der Waals surface area (Å²) in [7, 11) is 0. The van der Waals surface area contributed by atoms with Crippen molar-refractivity contribution in [1.82, 2.24) is 10.6 Å². The number of primary amides is 1. The van der Waals surface area contributed by atoms with E-state index < -0.39 is 30.4 Å². The Balaban J connectivity index is 2.40. The molecule has 1 aliphatic carbocycles. The fourth-order valence-electron chi connectivity index (χ4n) is 1.87. The number of aliphatic carboxylic acids is 1. The Morgan fingerprint density at radius 2 is 1.94 bits per heavy atom. The molecule has 3 amide bonds. The number of carbonyl (C=O) groups is 3. The fourth-order valence-corrected chi connectivity index (χ4v) is 1.87. The van der Waals surface area contributed by atoms with Crippen LogP contribution in [0.1, 0.15) is 32.6 Å². The molecule has 1 aliphatic rings. The van der Waals surface area contributed by atoms with Crippen LogP contribution in [0, 0.1) is 5.92 Å². The molecule has 0 aromatic carbocycles. The fraction of sp³-hybridized carbons (Fsp3) is 0.727. The van der Waals surface area contributed by atoms with Gasteiger partial charge in [0.25, 0.3) is 0 Å². The van der Waals surface area contributed by atoms with Gasteiger partial charge in [-0.3, -0.25) is 4.79 Å². The number of nitrogens with two attached hydrogens (primary N) is 1. The van der Waals surface area contributed by atoms with Crippen LogP contribution >= 0.6 is 0 Å². The molecular formula is C11H19N3O4. The van der Waals surface area contributed by atoms with E-state index >= 15 is 0 Å². The van der Waals surface area contributed by atoms with Crippen LogP contribution in [0.25, 0.3) is 0 Å². The smallest absolute Gasteiger partial charge is 0.326 e. The molecular weight excluding hydrogens is 238 g/mol. The molecule has 1 unspecified atom stereocenters. The first-order valence-electron chi connectivity index (χ1n) is 5.98. The molecule has 0 aromatic rings. The van der Waals surface area contributed by atoms with Gasteiger partial charge >= 0.3 is 12.0 Å². The highest BCUT2D eigenvalue weighted by atomic mass is 16.4. The van der Waals surface area contributed by atoms with Gasteiger partial charge in [0.1, 0.15) is 6.04 Å². The van der Waals surface area contributed by atoms with Crippen LogP contribution in [0.2, 0.25) is 0 Å². The Morgan fingerprint density at radius 3 is 2.33 bits per heavy atom. The van der Waals surface area contributed by atoms with E-state index in [1.807, 2.05) is 6.92 Å². The summed E-state index contributed by atoms with van der Waals surface area (Å²) in [6, 6.07) is -1.86. The Hall–Kier alpha value is -1.79. The molecule has 2 atom stereocenters. The van der Waals surface area contributed by atoms with Crippen molar-refractivity contribution in [1.29, 1.82) is 0 Å². The predicted octanol–water partition coefficient (Wildman–Crippen LogP) is -0.197. The molecule has 0 heterocycles. The molecule has 7 heteroatoms. The number of nitrogens with one attached hydrogen (secondary N) is 2. The molecule has 1 saturated carbocycles. The number of urea groups is 1. The first-order chi connectivity index (χ1) is 8.40. The van der Waals surface area contributed by atoms with Crippen molar-refractivity contribution >= 4 is 17.9 Å². The van der Waals surface area contributed by atoms with Crippen molar-refractivity contribution in [3.63, 3.8) is 0 Å². The standard InChI is InChI=1S/C11H19N3O4/c1-6(7-3-2-4-7)13-11(18)14-8(10(16)17)5-9(12)15/h6-8H,2-5H2,1H3,(H2,12,15)(H,16,17)(H2,13,14,18)/t6?,8-/m0/s1. The van der Waals surface area contributed by atoms with E-state index in [2.05, 4.69) is 10.6 Å². The van der Waals surface area contributed by atoms with Gasteiger partial charge < -0.3 is 21.5 Å². The topological polar surface area (TPSA) is 122 Å². The Kier molecular flexibility index (Phi) is 4.94. The lowest BCUT2D eigenvalue weighted by atomic mass is 9.80. The molecule has 0 saturated heterocycles. The number of carboxylic acids is 1. The minimum Gasteiger partial charge on any atom is -0.480 e. The van der Waals surface area contributed by atoms with Crippen LogP contribution in [0.15, 0.2) is 0 Å². The lowest BCUT2D eigenvalue weighted by Crippen LogP contribution is -2.51. The molecule has 0 spiro atoms. The molecule has 5 N–H and O–H groups in total. The summed E-state index contributed by atoms with van der Waals surface area (Å²) in [5.74, 6) is -1.59. The first kappa shape index (κ1) is 14.3. The minimum absolute atomic E-state index is 0.00164. The van der Waals surface area contributed by atoms with Crippen molar-refractivity contribution in [2.24, 2.45) is 11.7 Å². The summed E-state index contributed by atoms with van der Waals surface area (Å²) in [6.07, 6.45) is 2.90. The number of rotatable bonds is 6. The molecule has 0 radical (unpaired) electrons. The van der Waals surface area contributed by atoms with Crippen molar-refractivity contribution in [3.05, 3.63) is 0 Å². The number of hydrogen-bond acceptors (Lipinski definition) is 3. The van der Waals surface area contributed by atoms with E-state index in [0.717, 1.165) is 19.3 Å². The Morgan fingerprint density at radius 1 is 1.33 bits per heavy atom. The van der Waals surface area contributed by atoms with Crippen molar-refractivity contribution in [2.45, 2.75) is 44.7 Å². The van der Waals surface area contributed by atoms with Gasteiger partial charge in [-0.05, 0) is 25.7 Å². The average Bonchev–Trinajstić information content (AvgIpc) is 2.11. The largest absolute Gasteiger partial charge is 0.480 e. The number of carboxylic acid groups (broad SMARTS) is 1. The third-order valence-corrected chi connectivity index (χ3v) is 3.22. The van der Waals surface area contributed by atoms with Gasteiger partial charge in [0.2, 0.25) is 5.91 Å². The van der Waals surface area contributed by atoms with E-state index in [-0.39, 0.29) is 6.04 Å². The number of amides is 3. The van der Waals surface area contributed by atoms with Gasteiger partial charge in [0.15, 0.2) is 0 Å². The second kappa shape index (κ2) is 6.23. The van der Waals surface area contributed by atoms with Crippen LogP contribution in [-0.2, 0) is 9.59 Å². The van der Waals surface area contributed by atoms with Crippen LogP contribution in [0.4, 0.5) is 4.79 Å². The lowest BCUT2D eigenvalue weighted by Gasteiger charge is -2.32. The van der Waals surface area contributed by atoms with Crippen molar-refractivity contribution in [3.8, 4) is 0 Å². The minimum atomic E-state index is -1.28. The summed E-state index contributed by atoms with van der Waals surface area (Å²) >= 11 is 0. The summed E-state index contributed by atoms with van der Waals surface area (Å²) in [6.45, 7) is 1.88. The van der Waals surface area contributed by atoms with Gasteiger partial charge in [-0.25, -0.2) is 9.59 Å². The maximum Gasteiger partial charge on any atom is 0.326 e. The lowest BCUT2D eigenvalue weighted by molar-refractivity contribution is -0.140. The molecule has 0 aliphatic heterocycles. The van der Waals surface area contributed by atoms with Crippen LogP contribution in [0.3, 0.4) is 0 Å². The Bertz CT molecular complexity index is 341. The SMILES string of the molecule is CC(NC(=O)N[C@@H](CC(N)=O)C(=O)O)C1CCC1. The predicted molar refractivity (Wildman–Crippen MR) is 63.7 cm³/mol. The number of hydrogen-bond donors (Lipinski definition) is 4. The zero-order valence-electron chi connectivity index (χ0n) is 10.3. The second-order valence-electron chi connectivity index (χ2n) is 4.66. The third-order valence-electron chi connectivity index (χ3n) is 3.22. The van der Waals surface area contributed by atoms with Gasteiger partial charge in [-0.2, -0.15) is 0 Å². The molecule has 102 valence electrons. The maximum absolute atomic E-state index is 11.6. The van der Waals surface area contributed by atoms with E-state index in [1.54, 1.807) is 0 Å². The molecule has 18 heavy (non-hydrogen) atoms. The van der Waals surface area contributed by atoms with Gasteiger partial charge in [-0.15, -0.1) is 0 Å². The quantitative estimate of drug-likeness (QED) is 0.526. The zero-order valence-corrected chi connectivity index (χ0v) is 10.3. The zero-order chi connectivity index (χ0) is 13.7. The second-order valence-corrected chi connectivity index (χ2v) is 4.66. The molecule has 7 nitrogen and oxygen atoms in total. The average molecular weight is 257 g/mol. The van der Waals surface area contributed by atoms with Crippen molar-refractivity contribution < 1.29 is 19.5 Å². The summed E-state index contributed by atoms with van der Waals surface area (Å²) in [5, 5.41) is 13.7. The maximum atomic E-state index is 11.6. The van der Waals surface area contributed by atoms with E-state index in [1.165, 1.54) is 0 Å². The van der Waals surface area contributed by atoms with Gasteiger partial charge in [0, 0.05) is 6.04 Å². The van der Waals surface area contributed by atoms with Crippen LogP contribution in [-0.4, -0.2) is 35.1 Å². The summed E-state index contributed by atoms with van der Waals surface area (Å²) < 4.78 is 0. The normalized spacial score (nSPS) is 18.3. The van der Waals surface area contributed by atoms with E-state index in [9.17, 15) is 14.4 Å². The highest BCUT2D eigenvalue weighted by Crippen LogP contribution is 2.29. The molecule has 0 bridgehead atoms. The molecule has 1 rings (SSSR count). The molecule has 1 fully saturated rings. The highest BCUT2D eigenvalue weighted by molar-refractivity contribution is 5.87.